The number of hydrogen-bond donors (Lipinski definition) is 1. The van der Waals surface area contributed by atoms with Crippen LogP contribution in [0.4, 0.5) is 4.79 Å². The number of oxazole rings is 1. The third kappa shape index (κ3) is 2.42. The molecular weight excluding hydrogens is 308 g/mol. The lowest BCUT2D eigenvalue weighted by molar-refractivity contribution is -0.131. The number of benzene rings is 1. The molecule has 3 amide bonds. The lowest BCUT2D eigenvalue weighted by Crippen LogP contribution is -2.40. The zero-order valence-corrected chi connectivity index (χ0v) is 13.6. The highest BCUT2D eigenvalue weighted by atomic mass is 16.4. The second-order valence-electron chi connectivity index (χ2n) is 5.88. The SMILES string of the molecule is Cc1nc(CN2C(=O)NC(C)(c3ccc(C#N)cc3)C2=O)oc1C. The van der Waals surface area contributed by atoms with Crippen LogP contribution >= 0.6 is 0 Å². The Labute approximate surface area is 138 Å². The number of rotatable bonds is 3. The summed E-state index contributed by atoms with van der Waals surface area (Å²) >= 11 is 0. The summed E-state index contributed by atoms with van der Waals surface area (Å²) in [7, 11) is 0. The highest BCUT2D eigenvalue weighted by Crippen LogP contribution is 2.30. The average molecular weight is 324 g/mol. The summed E-state index contributed by atoms with van der Waals surface area (Å²) < 4.78 is 5.46. The summed E-state index contributed by atoms with van der Waals surface area (Å²) in [6.45, 7) is 5.19. The van der Waals surface area contributed by atoms with Crippen molar-refractivity contribution in [3.05, 3.63) is 52.7 Å². The average Bonchev–Trinajstić information content (AvgIpc) is 2.99. The normalized spacial score (nSPS) is 20.2. The van der Waals surface area contributed by atoms with Crippen LogP contribution < -0.4 is 5.32 Å². The molecule has 7 nitrogen and oxygen atoms in total. The molecule has 122 valence electrons. The first-order chi connectivity index (χ1) is 11.3. The predicted molar refractivity (Wildman–Crippen MR) is 83.6 cm³/mol. The fourth-order valence-electron chi connectivity index (χ4n) is 2.66. The maximum absolute atomic E-state index is 12.8. The standard InChI is InChI=1S/C17H16N4O3/c1-10-11(2)24-14(19-10)9-21-15(22)17(3,20-16(21)23)13-6-4-12(8-18)5-7-13/h4-7H,9H2,1-3H3,(H,20,23). The molecule has 0 spiro atoms. The monoisotopic (exact) mass is 324 g/mol. The Balaban J connectivity index is 1.88. The summed E-state index contributed by atoms with van der Waals surface area (Å²) in [6, 6.07) is 8.09. The van der Waals surface area contributed by atoms with Crippen molar-refractivity contribution in [1.82, 2.24) is 15.2 Å². The van der Waals surface area contributed by atoms with E-state index < -0.39 is 11.6 Å². The smallest absolute Gasteiger partial charge is 0.325 e. The van der Waals surface area contributed by atoms with E-state index in [4.69, 9.17) is 9.68 Å². The van der Waals surface area contributed by atoms with Crippen LogP contribution in [0.5, 0.6) is 0 Å². The number of nitrogens with one attached hydrogen (secondary N) is 1. The molecule has 0 bridgehead atoms. The van der Waals surface area contributed by atoms with E-state index in [1.165, 1.54) is 0 Å². The molecule has 24 heavy (non-hydrogen) atoms. The van der Waals surface area contributed by atoms with Crippen LogP contribution in [-0.2, 0) is 16.9 Å². The van der Waals surface area contributed by atoms with Gasteiger partial charge < -0.3 is 9.73 Å². The van der Waals surface area contributed by atoms with E-state index in [1.54, 1.807) is 45.0 Å². The number of carbonyl (C=O) groups excluding carboxylic acids is 2. The van der Waals surface area contributed by atoms with Gasteiger partial charge in [-0.05, 0) is 38.5 Å². The molecule has 0 aliphatic carbocycles. The second kappa shape index (κ2) is 5.49. The van der Waals surface area contributed by atoms with Crippen molar-refractivity contribution in [2.24, 2.45) is 0 Å². The maximum Gasteiger partial charge on any atom is 0.325 e. The van der Waals surface area contributed by atoms with Gasteiger partial charge in [0.2, 0.25) is 5.89 Å². The molecule has 1 atom stereocenters. The first kappa shape index (κ1) is 15.7. The molecule has 1 saturated heterocycles. The minimum absolute atomic E-state index is 0.0226. The minimum Gasteiger partial charge on any atom is -0.444 e. The first-order valence-electron chi connectivity index (χ1n) is 7.43. The van der Waals surface area contributed by atoms with Crippen LogP contribution in [0.25, 0.3) is 0 Å². The molecule has 1 fully saturated rings. The summed E-state index contributed by atoms with van der Waals surface area (Å²) in [5, 5.41) is 11.6. The van der Waals surface area contributed by atoms with E-state index in [-0.39, 0.29) is 12.5 Å². The third-order valence-corrected chi connectivity index (χ3v) is 4.23. The first-order valence-corrected chi connectivity index (χ1v) is 7.43. The zero-order chi connectivity index (χ0) is 17.5. The Morgan fingerprint density at radius 2 is 1.96 bits per heavy atom. The molecule has 1 aliphatic rings. The van der Waals surface area contributed by atoms with Gasteiger partial charge in [0.25, 0.3) is 5.91 Å². The number of aromatic nitrogens is 1. The van der Waals surface area contributed by atoms with Crippen LogP contribution in [0.2, 0.25) is 0 Å². The molecule has 2 heterocycles. The Kier molecular flexibility index (Phi) is 3.60. The molecule has 3 rings (SSSR count). The third-order valence-electron chi connectivity index (χ3n) is 4.23. The van der Waals surface area contributed by atoms with Gasteiger partial charge in [0.05, 0.1) is 17.3 Å². The van der Waals surface area contributed by atoms with E-state index >= 15 is 0 Å². The summed E-state index contributed by atoms with van der Waals surface area (Å²) in [4.78, 5) is 30.4. The van der Waals surface area contributed by atoms with Crippen LogP contribution in [-0.4, -0.2) is 21.8 Å². The lowest BCUT2D eigenvalue weighted by atomic mass is 9.91. The van der Waals surface area contributed by atoms with Crippen molar-refractivity contribution < 1.29 is 14.0 Å². The molecule has 2 aromatic rings. The summed E-state index contributed by atoms with van der Waals surface area (Å²) in [6.07, 6.45) is 0. The molecule has 1 unspecified atom stereocenters. The molecule has 1 aromatic heterocycles. The van der Waals surface area contributed by atoms with Gasteiger partial charge in [0, 0.05) is 0 Å². The van der Waals surface area contributed by atoms with Gasteiger partial charge >= 0.3 is 6.03 Å². The molecule has 1 aromatic carbocycles. The van der Waals surface area contributed by atoms with E-state index in [9.17, 15) is 9.59 Å². The van der Waals surface area contributed by atoms with Crippen molar-refractivity contribution in [3.63, 3.8) is 0 Å². The largest absolute Gasteiger partial charge is 0.444 e. The van der Waals surface area contributed by atoms with Gasteiger partial charge in [-0.15, -0.1) is 0 Å². The van der Waals surface area contributed by atoms with Crippen molar-refractivity contribution in [1.29, 1.82) is 5.26 Å². The maximum atomic E-state index is 12.8. The number of nitrogens with zero attached hydrogens (tertiary/aromatic N) is 3. The Bertz CT molecular complexity index is 843. The van der Waals surface area contributed by atoms with Crippen LogP contribution in [0.15, 0.2) is 28.7 Å². The topological polar surface area (TPSA) is 99.2 Å². The summed E-state index contributed by atoms with van der Waals surface area (Å²) in [5.41, 5.74) is 0.651. The molecule has 7 heteroatoms. The van der Waals surface area contributed by atoms with Gasteiger partial charge in [-0.25, -0.2) is 9.78 Å². The second-order valence-corrected chi connectivity index (χ2v) is 5.88. The van der Waals surface area contributed by atoms with Gasteiger partial charge in [-0.3, -0.25) is 9.69 Å². The van der Waals surface area contributed by atoms with Crippen LogP contribution in [0.1, 0.15) is 35.4 Å². The van der Waals surface area contributed by atoms with Gasteiger partial charge in [-0.2, -0.15) is 5.26 Å². The number of imide groups is 1. The minimum atomic E-state index is -1.18. The van der Waals surface area contributed by atoms with E-state index in [1.807, 2.05) is 6.07 Å². The quantitative estimate of drug-likeness (QED) is 0.872. The van der Waals surface area contributed by atoms with Crippen molar-refractivity contribution in [2.45, 2.75) is 32.9 Å². The Morgan fingerprint density at radius 3 is 2.50 bits per heavy atom. The fourth-order valence-corrected chi connectivity index (χ4v) is 2.66. The van der Waals surface area contributed by atoms with Gasteiger partial charge in [0.15, 0.2) is 0 Å². The molecule has 0 radical (unpaired) electrons. The van der Waals surface area contributed by atoms with Crippen molar-refractivity contribution in [3.8, 4) is 6.07 Å². The van der Waals surface area contributed by atoms with Gasteiger partial charge in [-0.1, -0.05) is 12.1 Å². The number of amides is 3. The number of aryl methyl sites for hydroxylation is 2. The highest BCUT2D eigenvalue weighted by molar-refractivity contribution is 6.07. The Hall–Kier alpha value is -3.14. The van der Waals surface area contributed by atoms with E-state index in [0.29, 0.717) is 22.8 Å². The molecule has 1 aliphatic heterocycles. The molecule has 0 saturated carbocycles. The number of carbonyl (C=O) groups is 2. The molecular formula is C17H16N4O3. The zero-order valence-electron chi connectivity index (χ0n) is 13.6. The molecule has 1 N–H and O–H groups in total. The van der Waals surface area contributed by atoms with Crippen molar-refractivity contribution >= 4 is 11.9 Å². The number of nitriles is 1. The van der Waals surface area contributed by atoms with Crippen molar-refractivity contribution in [2.75, 3.05) is 0 Å². The number of urea groups is 1. The number of hydrogen-bond acceptors (Lipinski definition) is 5. The predicted octanol–water partition coefficient (Wildman–Crippen LogP) is 2.13. The highest BCUT2D eigenvalue weighted by Gasteiger charge is 2.49. The van der Waals surface area contributed by atoms with Crippen LogP contribution in [0, 0.1) is 25.2 Å². The Morgan fingerprint density at radius 1 is 1.29 bits per heavy atom. The van der Waals surface area contributed by atoms with Crippen LogP contribution in [0.3, 0.4) is 0 Å². The van der Waals surface area contributed by atoms with E-state index in [0.717, 1.165) is 10.6 Å². The van der Waals surface area contributed by atoms with Gasteiger partial charge in [0.1, 0.15) is 17.8 Å². The van der Waals surface area contributed by atoms with E-state index in [2.05, 4.69) is 10.3 Å². The fraction of sp³-hybridized carbons (Fsp3) is 0.294. The summed E-state index contributed by atoms with van der Waals surface area (Å²) in [5.74, 6) is 0.593. The lowest BCUT2D eigenvalue weighted by Gasteiger charge is -2.22.